The molecule has 23 heavy (non-hydrogen) atoms. The fraction of sp³-hybridized carbons (Fsp3) is 0.214. The number of hydrogen-bond acceptors (Lipinski definition) is 7. The Labute approximate surface area is 136 Å². The van der Waals surface area contributed by atoms with Crippen molar-refractivity contribution in [3.63, 3.8) is 0 Å². The van der Waals surface area contributed by atoms with Crippen LogP contribution in [0.5, 0.6) is 11.5 Å². The Morgan fingerprint density at radius 3 is 2.83 bits per heavy atom. The van der Waals surface area contributed by atoms with Crippen molar-refractivity contribution >= 4 is 35.0 Å². The van der Waals surface area contributed by atoms with Crippen molar-refractivity contribution < 1.29 is 24.5 Å². The molecule has 0 bridgehead atoms. The van der Waals surface area contributed by atoms with E-state index >= 15 is 0 Å². The number of phenolic OH excluding ortho intramolecular Hbond substituents is 1. The summed E-state index contributed by atoms with van der Waals surface area (Å²) in [6.45, 7) is 0. The van der Waals surface area contributed by atoms with Gasteiger partial charge in [-0.15, -0.1) is 0 Å². The lowest BCUT2D eigenvalue weighted by Crippen LogP contribution is -2.44. The van der Waals surface area contributed by atoms with Crippen LogP contribution < -0.4 is 9.61 Å². The number of H-pyrrole nitrogens is 1. The van der Waals surface area contributed by atoms with Crippen molar-refractivity contribution in [3.05, 3.63) is 38.3 Å². The largest absolute Gasteiger partial charge is 0.508 e. The molecular formula is C14H9NO6S2. The van der Waals surface area contributed by atoms with E-state index in [0.29, 0.717) is 15.5 Å². The maximum Gasteiger partial charge on any atom is 0.317 e. The van der Waals surface area contributed by atoms with Crippen molar-refractivity contribution in [2.45, 2.75) is 16.2 Å². The number of benzene rings is 1. The Morgan fingerprint density at radius 2 is 2.09 bits per heavy atom. The lowest BCUT2D eigenvalue weighted by Gasteiger charge is -2.37. The summed E-state index contributed by atoms with van der Waals surface area (Å²) in [5, 5.41) is 18.6. The number of carboxylic acid groups (broad SMARTS) is 1. The number of aliphatic carboxylic acids is 1. The van der Waals surface area contributed by atoms with Crippen LogP contribution in [0.2, 0.25) is 0 Å². The molecule has 0 saturated carbocycles. The van der Waals surface area contributed by atoms with Crippen molar-refractivity contribution in [1.29, 1.82) is 0 Å². The third kappa shape index (κ3) is 2.07. The number of fused-ring (bicyclic) bond motifs is 5. The maximum absolute atomic E-state index is 12.4. The number of rotatable bonds is 1. The summed E-state index contributed by atoms with van der Waals surface area (Å²) >= 11 is 1.89. The Morgan fingerprint density at radius 1 is 1.30 bits per heavy atom. The summed E-state index contributed by atoms with van der Waals surface area (Å²) in [6, 6.07) is 4.30. The molecule has 2 aliphatic rings. The number of ether oxygens (including phenoxy) is 1. The van der Waals surface area contributed by atoms with Crippen LogP contribution in [0.25, 0.3) is 0 Å². The van der Waals surface area contributed by atoms with Gasteiger partial charge in [-0.1, -0.05) is 23.1 Å². The van der Waals surface area contributed by atoms with E-state index in [1.165, 1.54) is 18.2 Å². The van der Waals surface area contributed by atoms with E-state index in [-0.39, 0.29) is 16.4 Å². The van der Waals surface area contributed by atoms with Crippen LogP contribution in [0.3, 0.4) is 0 Å². The second-order valence-electron chi connectivity index (χ2n) is 5.23. The second-order valence-corrected chi connectivity index (χ2v) is 7.40. The molecule has 2 aliphatic heterocycles. The van der Waals surface area contributed by atoms with Crippen molar-refractivity contribution in [1.82, 2.24) is 4.98 Å². The normalized spacial score (nSPS) is 25.0. The highest BCUT2D eigenvalue weighted by Gasteiger charge is 2.51. The Balaban J connectivity index is 2.00. The number of carbonyl (C=O) groups is 2. The molecule has 0 unspecified atom stereocenters. The molecule has 1 aromatic heterocycles. The number of phenols is 1. The molecule has 0 amide bonds. The molecular weight excluding hydrogens is 342 g/mol. The number of aromatic amines is 1. The smallest absolute Gasteiger partial charge is 0.317 e. The average Bonchev–Trinajstić information content (AvgIpc) is 2.86. The summed E-state index contributed by atoms with van der Waals surface area (Å²) < 4.78 is 5.25. The zero-order valence-electron chi connectivity index (χ0n) is 11.3. The van der Waals surface area contributed by atoms with Gasteiger partial charge in [-0.25, -0.2) is 0 Å². The van der Waals surface area contributed by atoms with Crippen molar-refractivity contribution in [2.75, 3.05) is 0 Å². The maximum atomic E-state index is 12.4. The Kier molecular flexibility index (Phi) is 3.03. The summed E-state index contributed by atoms with van der Waals surface area (Å²) in [7, 11) is 0. The van der Waals surface area contributed by atoms with Gasteiger partial charge in [-0.3, -0.25) is 14.4 Å². The molecule has 0 saturated heterocycles. The van der Waals surface area contributed by atoms with Gasteiger partial charge < -0.3 is 19.9 Å². The monoisotopic (exact) mass is 351 g/mol. The number of hydrogen-bond donors (Lipinski definition) is 3. The fourth-order valence-electron chi connectivity index (χ4n) is 3.00. The molecule has 1 aromatic carbocycles. The molecule has 2 aromatic rings. The van der Waals surface area contributed by atoms with E-state index in [0.717, 1.165) is 23.1 Å². The van der Waals surface area contributed by atoms with Gasteiger partial charge in [0.1, 0.15) is 16.7 Å². The minimum atomic E-state index is -1.15. The van der Waals surface area contributed by atoms with Gasteiger partial charge in [0.2, 0.25) is 0 Å². The first-order valence-electron chi connectivity index (χ1n) is 6.63. The van der Waals surface area contributed by atoms with Crippen LogP contribution in [0.1, 0.15) is 16.4 Å². The SMILES string of the molecule is O=C1Oc2ccc(O)cc2[C@H]2c3sc(=O)[nH]c3S[C@@H](C(=O)O)[C@@H]12. The van der Waals surface area contributed by atoms with E-state index in [9.17, 15) is 24.6 Å². The van der Waals surface area contributed by atoms with Crippen molar-refractivity contribution in [2.24, 2.45) is 5.92 Å². The molecule has 9 heteroatoms. The highest BCUT2D eigenvalue weighted by atomic mass is 32.2. The molecule has 0 radical (unpaired) electrons. The van der Waals surface area contributed by atoms with Gasteiger partial charge in [-0.2, -0.15) is 0 Å². The number of aromatic hydroxyl groups is 1. The Bertz CT molecular complexity index is 901. The van der Waals surface area contributed by atoms with Crippen LogP contribution in [0, 0.1) is 5.92 Å². The molecule has 3 atom stereocenters. The molecule has 7 nitrogen and oxygen atoms in total. The third-order valence-electron chi connectivity index (χ3n) is 3.91. The van der Waals surface area contributed by atoms with Crippen LogP contribution in [0.15, 0.2) is 28.0 Å². The van der Waals surface area contributed by atoms with Crippen LogP contribution in [0.4, 0.5) is 0 Å². The predicted molar refractivity (Wildman–Crippen MR) is 81.3 cm³/mol. The van der Waals surface area contributed by atoms with Gasteiger partial charge in [0.05, 0.1) is 10.9 Å². The lowest BCUT2D eigenvalue weighted by molar-refractivity contribution is -0.147. The number of aromatic nitrogens is 1. The fourth-order valence-corrected chi connectivity index (χ4v) is 5.40. The lowest BCUT2D eigenvalue weighted by atomic mass is 9.80. The van der Waals surface area contributed by atoms with E-state index in [1.807, 2.05) is 0 Å². The number of carboxylic acids is 1. The van der Waals surface area contributed by atoms with Crippen molar-refractivity contribution in [3.8, 4) is 11.5 Å². The number of nitrogens with one attached hydrogen (secondary N) is 1. The number of thioether (sulfide) groups is 1. The molecule has 3 N–H and O–H groups in total. The summed E-state index contributed by atoms with van der Waals surface area (Å²) in [5.41, 5.74) is 0.512. The van der Waals surface area contributed by atoms with Crippen LogP contribution in [-0.4, -0.2) is 32.4 Å². The summed E-state index contributed by atoms with van der Waals surface area (Å²) in [6.07, 6.45) is 0. The summed E-state index contributed by atoms with van der Waals surface area (Å²) in [5.74, 6) is -3.11. The first-order chi connectivity index (χ1) is 11.0. The van der Waals surface area contributed by atoms with Gasteiger partial charge in [-0.05, 0) is 18.2 Å². The van der Waals surface area contributed by atoms with Gasteiger partial charge in [0.15, 0.2) is 0 Å². The molecule has 3 heterocycles. The van der Waals surface area contributed by atoms with Gasteiger partial charge in [0, 0.05) is 16.4 Å². The van der Waals surface area contributed by atoms with E-state index in [4.69, 9.17) is 4.74 Å². The molecule has 118 valence electrons. The molecule has 0 aliphatic carbocycles. The van der Waals surface area contributed by atoms with Crippen LogP contribution in [-0.2, 0) is 9.59 Å². The highest BCUT2D eigenvalue weighted by molar-refractivity contribution is 8.00. The van der Waals surface area contributed by atoms with Gasteiger partial charge in [0.25, 0.3) is 0 Å². The zero-order valence-corrected chi connectivity index (χ0v) is 12.9. The highest BCUT2D eigenvalue weighted by Crippen LogP contribution is 2.53. The van der Waals surface area contributed by atoms with E-state index in [2.05, 4.69) is 4.98 Å². The summed E-state index contributed by atoms with van der Waals surface area (Å²) in [4.78, 5) is 38.6. The van der Waals surface area contributed by atoms with Gasteiger partial charge >= 0.3 is 16.8 Å². The quantitative estimate of drug-likeness (QED) is 0.525. The minimum Gasteiger partial charge on any atom is -0.508 e. The standard InChI is InChI=1S/C14H9NO6S2/c16-4-1-2-6-5(3-4)7-8(13(19)21-6)10(12(17)18)22-11-9(7)23-14(20)15-11/h1-3,7-8,10,16H,(H,15,20)(H,17,18)/t7-,8+,10-/m1/s1. The predicted octanol–water partition coefficient (Wildman–Crippen LogP) is 1.37. The third-order valence-corrected chi connectivity index (χ3v) is 6.31. The number of esters is 1. The minimum absolute atomic E-state index is 0.0185. The Hall–Kier alpha value is -2.26. The van der Waals surface area contributed by atoms with E-state index < -0.39 is 29.0 Å². The first-order valence-corrected chi connectivity index (χ1v) is 8.32. The first kappa shape index (κ1) is 14.3. The topological polar surface area (TPSA) is 117 Å². The zero-order chi connectivity index (χ0) is 16.3. The molecule has 0 fully saturated rings. The molecule has 4 rings (SSSR count). The number of carbonyl (C=O) groups excluding carboxylic acids is 1. The number of thiazole rings is 1. The van der Waals surface area contributed by atoms with Crippen LogP contribution >= 0.6 is 23.1 Å². The van der Waals surface area contributed by atoms with E-state index in [1.54, 1.807) is 0 Å². The molecule has 0 spiro atoms. The average molecular weight is 351 g/mol. The second kappa shape index (κ2) is 4.87.